The smallest absolute Gasteiger partial charge is 0.261 e. The molecule has 1 N–H and O–H groups in total. The summed E-state index contributed by atoms with van der Waals surface area (Å²) in [7, 11) is -3.78. The van der Waals surface area contributed by atoms with E-state index in [0.29, 0.717) is 5.69 Å². The lowest BCUT2D eigenvalue weighted by molar-refractivity contribution is 0.601. The van der Waals surface area contributed by atoms with Crippen LogP contribution in [0.15, 0.2) is 53.4 Å². The Balaban J connectivity index is 2.41. The number of anilines is 1. The van der Waals surface area contributed by atoms with E-state index < -0.39 is 10.0 Å². The molecule has 0 aliphatic heterocycles. The second-order valence-electron chi connectivity index (χ2n) is 3.90. The van der Waals surface area contributed by atoms with E-state index in [-0.39, 0.29) is 16.0 Å². The van der Waals surface area contributed by atoms with Crippen LogP contribution in [0.25, 0.3) is 0 Å². The summed E-state index contributed by atoms with van der Waals surface area (Å²) < 4.78 is 26.7. The molecule has 20 heavy (non-hydrogen) atoms. The van der Waals surface area contributed by atoms with Crippen molar-refractivity contribution >= 4 is 15.7 Å². The summed E-state index contributed by atoms with van der Waals surface area (Å²) >= 11 is 0. The number of hydrogen-bond donors (Lipinski definition) is 1. The van der Waals surface area contributed by atoms with E-state index in [1.54, 1.807) is 30.3 Å². The fourth-order valence-electron chi connectivity index (χ4n) is 1.60. The van der Waals surface area contributed by atoms with Crippen LogP contribution in [-0.2, 0) is 10.0 Å². The Kier molecular flexibility index (Phi) is 3.69. The molecule has 0 heterocycles. The van der Waals surface area contributed by atoms with Gasteiger partial charge in [0.05, 0.1) is 16.0 Å². The minimum atomic E-state index is -3.78. The molecule has 0 spiro atoms. The monoisotopic (exact) mass is 283 g/mol. The molecule has 2 aromatic rings. The zero-order valence-electron chi connectivity index (χ0n) is 10.2. The molecule has 98 valence electrons. The fraction of sp³-hybridized carbons (Fsp3) is 0. The molecule has 6 heteroatoms. The van der Waals surface area contributed by atoms with Crippen LogP contribution >= 0.6 is 0 Å². The lowest BCUT2D eigenvalue weighted by Gasteiger charge is -2.08. The molecule has 0 unspecified atom stereocenters. The summed E-state index contributed by atoms with van der Waals surface area (Å²) in [6.45, 7) is 0. The number of hydrogen-bond acceptors (Lipinski definition) is 4. The Bertz CT molecular complexity index is 816. The van der Waals surface area contributed by atoms with E-state index in [2.05, 4.69) is 4.72 Å². The van der Waals surface area contributed by atoms with Gasteiger partial charge in [-0.15, -0.1) is 0 Å². The summed E-state index contributed by atoms with van der Waals surface area (Å²) in [6, 6.07) is 15.9. The van der Waals surface area contributed by atoms with Crippen molar-refractivity contribution in [3.8, 4) is 12.1 Å². The third-order valence-electron chi connectivity index (χ3n) is 2.57. The molecule has 0 saturated heterocycles. The molecule has 0 aliphatic rings. The average molecular weight is 283 g/mol. The SMILES string of the molecule is N#Cc1ccc(S(=O)(=O)Nc2ccccc2)cc1C#N. The maximum Gasteiger partial charge on any atom is 0.261 e. The normalized spacial score (nSPS) is 10.3. The van der Waals surface area contributed by atoms with Crippen LogP contribution in [-0.4, -0.2) is 8.42 Å². The predicted octanol–water partition coefficient (Wildman–Crippen LogP) is 2.23. The predicted molar refractivity (Wildman–Crippen MR) is 73.1 cm³/mol. The van der Waals surface area contributed by atoms with Crippen LogP contribution in [0.2, 0.25) is 0 Å². The van der Waals surface area contributed by atoms with Crippen molar-refractivity contribution in [2.45, 2.75) is 4.90 Å². The minimum absolute atomic E-state index is 0.0310. The van der Waals surface area contributed by atoms with Crippen molar-refractivity contribution in [2.24, 2.45) is 0 Å². The highest BCUT2D eigenvalue weighted by atomic mass is 32.2. The van der Waals surface area contributed by atoms with Crippen molar-refractivity contribution in [1.29, 1.82) is 10.5 Å². The molecule has 0 fully saturated rings. The van der Waals surface area contributed by atoms with E-state index in [1.165, 1.54) is 18.2 Å². The first-order valence-electron chi connectivity index (χ1n) is 5.59. The maximum absolute atomic E-state index is 12.2. The molecule has 2 aromatic carbocycles. The topological polar surface area (TPSA) is 93.8 Å². The van der Waals surface area contributed by atoms with Crippen molar-refractivity contribution in [2.75, 3.05) is 4.72 Å². The molecule has 0 aliphatic carbocycles. The van der Waals surface area contributed by atoms with Crippen LogP contribution in [0.5, 0.6) is 0 Å². The Morgan fingerprint density at radius 3 is 2.15 bits per heavy atom. The van der Waals surface area contributed by atoms with Crippen molar-refractivity contribution in [3.05, 3.63) is 59.7 Å². The average Bonchev–Trinajstić information content (AvgIpc) is 2.47. The second kappa shape index (κ2) is 5.43. The number of rotatable bonds is 3. The molecule has 0 bridgehead atoms. The summed E-state index contributed by atoms with van der Waals surface area (Å²) in [5.41, 5.74) is 0.602. The zero-order chi connectivity index (χ0) is 14.6. The lowest BCUT2D eigenvalue weighted by Crippen LogP contribution is -2.13. The number of nitrogens with one attached hydrogen (secondary N) is 1. The lowest BCUT2D eigenvalue weighted by atomic mass is 10.1. The highest BCUT2D eigenvalue weighted by Gasteiger charge is 2.16. The molecule has 0 atom stereocenters. The first-order valence-corrected chi connectivity index (χ1v) is 7.07. The maximum atomic E-state index is 12.2. The Morgan fingerprint density at radius 1 is 0.900 bits per heavy atom. The first-order chi connectivity index (χ1) is 9.56. The largest absolute Gasteiger partial charge is 0.280 e. The van der Waals surface area contributed by atoms with Gasteiger partial charge >= 0.3 is 0 Å². The van der Waals surface area contributed by atoms with Crippen LogP contribution in [0.3, 0.4) is 0 Å². The van der Waals surface area contributed by atoms with Gasteiger partial charge in [-0.3, -0.25) is 4.72 Å². The molecular weight excluding hydrogens is 274 g/mol. The number of sulfonamides is 1. The summed E-state index contributed by atoms with van der Waals surface area (Å²) in [6.07, 6.45) is 0. The summed E-state index contributed by atoms with van der Waals surface area (Å²) in [5, 5.41) is 17.7. The van der Waals surface area contributed by atoms with Crippen molar-refractivity contribution in [1.82, 2.24) is 0 Å². The number of nitrogens with zero attached hydrogens (tertiary/aromatic N) is 2. The van der Waals surface area contributed by atoms with E-state index in [9.17, 15) is 8.42 Å². The highest BCUT2D eigenvalue weighted by molar-refractivity contribution is 7.92. The van der Waals surface area contributed by atoms with Crippen LogP contribution in [0, 0.1) is 22.7 Å². The third-order valence-corrected chi connectivity index (χ3v) is 3.95. The second-order valence-corrected chi connectivity index (χ2v) is 5.58. The quantitative estimate of drug-likeness (QED) is 0.934. The Hall–Kier alpha value is -2.83. The number of nitriles is 2. The van der Waals surface area contributed by atoms with E-state index in [1.807, 2.05) is 12.1 Å². The summed E-state index contributed by atoms with van der Waals surface area (Å²) in [5.74, 6) is 0. The van der Waals surface area contributed by atoms with Gasteiger partial charge in [-0.25, -0.2) is 8.42 Å². The standard InChI is InChI=1S/C14H9N3O2S/c15-9-11-6-7-14(8-12(11)10-16)20(18,19)17-13-4-2-1-3-5-13/h1-8,17H. The molecule has 0 radical (unpaired) electrons. The van der Waals surface area contributed by atoms with E-state index >= 15 is 0 Å². The van der Waals surface area contributed by atoms with E-state index in [0.717, 1.165) is 0 Å². The van der Waals surface area contributed by atoms with Gasteiger partial charge in [-0.1, -0.05) is 18.2 Å². The van der Waals surface area contributed by atoms with Gasteiger partial charge in [-0.05, 0) is 30.3 Å². The highest BCUT2D eigenvalue weighted by Crippen LogP contribution is 2.18. The molecular formula is C14H9N3O2S. The van der Waals surface area contributed by atoms with Gasteiger partial charge in [0, 0.05) is 5.69 Å². The van der Waals surface area contributed by atoms with Gasteiger partial charge in [0.15, 0.2) is 0 Å². The number of para-hydroxylation sites is 1. The van der Waals surface area contributed by atoms with Crippen molar-refractivity contribution < 1.29 is 8.42 Å². The van der Waals surface area contributed by atoms with Gasteiger partial charge < -0.3 is 0 Å². The third kappa shape index (κ3) is 2.77. The molecule has 0 amide bonds. The fourth-order valence-corrected chi connectivity index (χ4v) is 2.69. The Labute approximate surface area is 116 Å². The van der Waals surface area contributed by atoms with Crippen molar-refractivity contribution in [3.63, 3.8) is 0 Å². The minimum Gasteiger partial charge on any atom is -0.280 e. The molecule has 0 aromatic heterocycles. The first kappa shape index (κ1) is 13.6. The van der Waals surface area contributed by atoms with Crippen LogP contribution in [0.1, 0.15) is 11.1 Å². The van der Waals surface area contributed by atoms with Crippen LogP contribution < -0.4 is 4.72 Å². The van der Waals surface area contributed by atoms with Gasteiger partial charge in [0.25, 0.3) is 10.0 Å². The number of benzene rings is 2. The van der Waals surface area contributed by atoms with Crippen LogP contribution in [0.4, 0.5) is 5.69 Å². The molecule has 5 nitrogen and oxygen atoms in total. The van der Waals surface area contributed by atoms with Gasteiger partial charge in [-0.2, -0.15) is 10.5 Å². The van der Waals surface area contributed by atoms with Gasteiger partial charge in [0.1, 0.15) is 12.1 Å². The van der Waals surface area contributed by atoms with Gasteiger partial charge in [0.2, 0.25) is 0 Å². The summed E-state index contributed by atoms with van der Waals surface area (Å²) in [4.78, 5) is -0.0584. The van der Waals surface area contributed by atoms with E-state index in [4.69, 9.17) is 10.5 Å². The molecule has 0 saturated carbocycles. The Morgan fingerprint density at radius 2 is 1.55 bits per heavy atom. The zero-order valence-corrected chi connectivity index (χ0v) is 11.1. The molecule has 2 rings (SSSR count).